The molecule has 0 spiro atoms. The van der Waals surface area contributed by atoms with Gasteiger partial charge in [0.15, 0.2) is 5.75 Å². The molecule has 0 aliphatic rings. The van der Waals surface area contributed by atoms with Crippen molar-refractivity contribution in [2.24, 2.45) is 0 Å². The maximum absolute atomic E-state index is 11.9. The van der Waals surface area contributed by atoms with Gasteiger partial charge >= 0.3 is 11.7 Å². The molecule has 0 aliphatic heterocycles. The summed E-state index contributed by atoms with van der Waals surface area (Å²) in [5.41, 5.74) is -2.53. The van der Waals surface area contributed by atoms with Gasteiger partial charge in [-0.2, -0.15) is 0 Å². The van der Waals surface area contributed by atoms with E-state index in [-0.39, 0.29) is 11.4 Å². The van der Waals surface area contributed by atoms with Crippen LogP contribution in [0.4, 0.5) is 5.69 Å². The molecular formula is C12H9N3O6. The summed E-state index contributed by atoms with van der Waals surface area (Å²) in [5.74, 6) is -2.88. The summed E-state index contributed by atoms with van der Waals surface area (Å²) >= 11 is 0. The summed E-state index contributed by atoms with van der Waals surface area (Å²) in [6, 6.07) is 4.60. The minimum absolute atomic E-state index is 0.166. The first-order chi connectivity index (χ1) is 9.88. The van der Waals surface area contributed by atoms with Gasteiger partial charge in [-0.3, -0.25) is 14.6 Å². The molecule has 5 N–H and O–H groups in total. The highest BCUT2D eigenvalue weighted by atomic mass is 16.4. The van der Waals surface area contributed by atoms with Crippen molar-refractivity contribution in [3.63, 3.8) is 0 Å². The monoisotopic (exact) mass is 291 g/mol. The predicted octanol–water partition coefficient (Wildman–Crippen LogP) is -0.281. The Hall–Kier alpha value is -3.36. The molecule has 9 nitrogen and oxygen atoms in total. The standard InChI is InChI=1S/C12H9N3O6/c16-8-4-7(14-12(21)15-8)10(18)13-6-3-1-2-5(9(6)17)11(19)20/h1-4,17H,(H,13,18)(H,19,20)(H2,14,15,16,21). The van der Waals surface area contributed by atoms with Crippen LogP contribution in [0, 0.1) is 0 Å². The van der Waals surface area contributed by atoms with Crippen molar-refractivity contribution >= 4 is 17.6 Å². The number of anilines is 1. The summed E-state index contributed by atoms with van der Waals surface area (Å²) < 4.78 is 0. The van der Waals surface area contributed by atoms with E-state index < -0.39 is 34.4 Å². The fourth-order valence-electron chi connectivity index (χ4n) is 1.60. The molecule has 1 aromatic heterocycles. The highest BCUT2D eigenvalue weighted by Crippen LogP contribution is 2.27. The van der Waals surface area contributed by atoms with E-state index in [2.05, 4.69) is 10.3 Å². The smallest absolute Gasteiger partial charge is 0.339 e. The molecule has 0 unspecified atom stereocenters. The molecule has 1 heterocycles. The third-order valence-electron chi connectivity index (χ3n) is 2.52. The number of aromatic amines is 2. The Morgan fingerprint density at radius 2 is 1.86 bits per heavy atom. The molecule has 2 rings (SSSR count). The van der Waals surface area contributed by atoms with E-state index in [0.717, 1.165) is 12.1 Å². The maximum Gasteiger partial charge on any atom is 0.339 e. The number of rotatable bonds is 3. The Morgan fingerprint density at radius 3 is 2.48 bits per heavy atom. The number of benzene rings is 1. The molecule has 0 bridgehead atoms. The number of phenols is 1. The van der Waals surface area contributed by atoms with Gasteiger partial charge in [-0.25, -0.2) is 9.59 Å². The van der Waals surface area contributed by atoms with E-state index in [1.165, 1.54) is 12.1 Å². The van der Waals surface area contributed by atoms with Crippen molar-refractivity contribution in [2.45, 2.75) is 0 Å². The van der Waals surface area contributed by atoms with Crippen molar-refractivity contribution in [3.05, 3.63) is 56.4 Å². The molecule has 0 aliphatic carbocycles. The number of carboxylic acid groups (broad SMARTS) is 1. The highest BCUT2D eigenvalue weighted by molar-refractivity contribution is 6.05. The Labute approximate surface area is 115 Å². The van der Waals surface area contributed by atoms with E-state index in [0.29, 0.717) is 0 Å². The molecule has 1 amide bonds. The Kier molecular flexibility index (Phi) is 3.57. The summed E-state index contributed by atoms with van der Waals surface area (Å²) in [4.78, 5) is 48.9. The van der Waals surface area contributed by atoms with Crippen molar-refractivity contribution in [3.8, 4) is 5.75 Å². The molecule has 9 heteroatoms. The zero-order chi connectivity index (χ0) is 15.6. The van der Waals surface area contributed by atoms with Crippen LogP contribution in [0.15, 0.2) is 33.9 Å². The number of carboxylic acids is 1. The van der Waals surface area contributed by atoms with Crippen LogP contribution < -0.4 is 16.6 Å². The molecule has 0 saturated carbocycles. The van der Waals surface area contributed by atoms with E-state index in [1.54, 1.807) is 0 Å². The quantitative estimate of drug-likeness (QED) is 0.490. The number of aromatic hydroxyl groups is 1. The number of amides is 1. The van der Waals surface area contributed by atoms with Crippen LogP contribution in [0.2, 0.25) is 0 Å². The topological polar surface area (TPSA) is 152 Å². The van der Waals surface area contributed by atoms with E-state index >= 15 is 0 Å². The summed E-state index contributed by atoms with van der Waals surface area (Å²) in [6.07, 6.45) is 0. The average Bonchev–Trinajstić information content (AvgIpc) is 2.39. The molecule has 0 saturated heterocycles. The summed E-state index contributed by atoms with van der Waals surface area (Å²) in [6.45, 7) is 0. The van der Waals surface area contributed by atoms with Crippen LogP contribution >= 0.6 is 0 Å². The van der Waals surface area contributed by atoms with Crippen LogP contribution in [-0.4, -0.2) is 32.1 Å². The van der Waals surface area contributed by atoms with Crippen LogP contribution in [0.3, 0.4) is 0 Å². The predicted molar refractivity (Wildman–Crippen MR) is 70.7 cm³/mol. The van der Waals surface area contributed by atoms with Crippen LogP contribution in [-0.2, 0) is 0 Å². The average molecular weight is 291 g/mol. The first-order valence-corrected chi connectivity index (χ1v) is 5.59. The number of hydrogen-bond acceptors (Lipinski definition) is 5. The van der Waals surface area contributed by atoms with Gasteiger partial charge < -0.3 is 20.5 Å². The third-order valence-corrected chi connectivity index (χ3v) is 2.52. The first-order valence-electron chi connectivity index (χ1n) is 5.59. The largest absolute Gasteiger partial charge is 0.505 e. The van der Waals surface area contributed by atoms with Gasteiger partial charge in [0.2, 0.25) is 0 Å². The molecule has 21 heavy (non-hydrogen) atoms. The molecule has 1 aromatic carbocycles. The molecule has 0 radical (unpaired) electrons. The van der Waals surface area contributed by atoms with Gasteiger partial charge in [-0.1, -0.05) is 6.07 Å². The Balaban J connectivity index is 2.36. The van der Waals surface area contributed by atoms with Gasteiger partial charge in [-0.05, 0) is 12.1 Å². The second-order valence-electron chi connectivity index (χ2n) is 3.96. The summed E-state index contributed by atoms with van der Waals surface area (Å²) in [7, 11) is 0. The number of para-hydroxylation sites is 1. The lowest BCUT2D eigenvalue weighted by Crippen LogP contribution is -2.27. The number of carbonyl (C=O) groups excluding carboxylic acids is 1. The fraction of sp³-hybridized carbons (Fsp3) is 0. The van der Waals surface area contributed by atoms with Gasteiger partial charge in [0.1, 0.15) is 11.3 Å². The number of aromatic nitrogens is 2. The van der Waals surface area contributed by atoms with Gasteiger partial charge in [-0.15, -0.1) is 0 Å². The molecule has 2 aromatic rings. The van der Waals surface area contributed by atoms with Crippen molar-refractivity contribution in [1.82, 2.24) is 9.97 Å². The molecule has 0 atom stereocenters. The van der Waals surface area contributed by atoms with Gasteiger partial charge in [0.25, 0.3) is 11.5 Å². The lowest BCUT2D eigenvalue weighted by molar-refractivity contribution is 0.0693. The van der Waals surface area contributed by atoms with Gasteiger partial charge in [0.05, 0.1) is 5.69 Å². The maximum atomic E-state index is 11.9. The van der Waals surface area contributed by atoms with Crippen molar-refractivity contribution in [1.29, 1.82) is 0 Å². The van der Waals surface area contributed by atoms with E-state index in [4.69, 9.17) is 5.11 Å². The normalized spacial score (nSPS) is 10.1. The number of hydrogen-bond donors (Lipinski definition) is 5. The number of H-pyrrole nitrogens is 2. The second-order valence-corrected chi connectivity index (χ2v) is 3.96. The zero-order valence-corrected chi connectivity index (χ0v) is 10.3. The van der Waals surface area contributed by atoms with E-state index in [1.807, 2.05) is 4.98 Å². The molecule has 108 valence electrons. The minimum atomic E-state index is -1.37. The number of aromatic carboxylic acids is 1. The SMILES string of the molecule is O=C(Nc1cccc(C(=O)O)c1O)c1cc(=O)[nH]c(=O)[nH]1. The van der Waals surface area contributed by atoms with Crippen molar-refractivity contribution in [2.75, 3.05) is 5.32 Å². The Morgan fingerprint density at radius 1 is 1.14 bits per heavy atom. The first kappa shape index (κ1) is 14.1. The van der Waals surface area contributed by atoms with Gasteiger partial charge in [0, 0.05) is 6.07 Å². The Bertz CT molecular complexity index is 807. The lowest BCUT2D eigenvalue weighted by Gasteiger charge is -2.08. The zero-order valence-electron chi connectivity index (χ0n) is 10.3. The fourth-order valence-corrected chi connectivity index (χ4v) is 1.60. The van der Waals surface area contributed by atoms with Crippen LogP contribution in [0.1, 0.15) is 20.8 Å². The third kappa shape index (κ3) is 2.97. The minimum Gasteiger partial charge on any atom is -0.505 e. The number of carbonyl (C=O) groups is 2. The number of nitrogens with one attached hydrogen (secondary N) is 3. The summed E-state index contributed by atoms with van der Waals surface area (Å²) in [5, 5.41) is 20.8. The van der Waals surface area contributed by atoms with Crippen LogP contribution in [0.5, 0.6) is 5.75 Å². The second kappa shape index (κ2) is 5.33. The highest BCUT2D eigenvalue weighted by Gasteiger charge is 2.16. The van der Waals surface area contributed by atoms with E-state index in [9.17, 15) is 24.3 Å². The van der Waals surface area contributed by atoms with Crippen molar-refractivity contribution < 1.29 is 19.8 Å². The molecule has 0 fully saturated rings. The van der Waals surface area contributed by atoms with Crippen LogP contribution in [0.25, 0.3) is 0 Å². The lowest BCUT2D eigenvalue weighted by atomic mass is 10.1. The molecular weight excluding hydrogens is 282 g/mol.